The Morgan fingerprint density at radius 3 is 2.29 bits per heavy atom. The molecule has 0 aliphatic rings. The molecule has 3 aromatic carbocycles. The predicted octanol–water partition coefficient (Wildman–Crippen LogP) is 5.26. The van der Waals surface area contributed by atoms with Gasteiger partial charge in [0.15, 0.2) is 16.8 Å². The van der Waals surface area contributed by atoms with Crippen molar-refractivity contribution in [2.75, 3.05) is 12.4 Å². The number of benzene rings is 3. The topological polar surface area (TPSA) is 86.1 Å². The zero-order chi connectivity index (χ0) is 24.1. The lowest BCUT2D eigenvalue weighted by molar-refractivity contribution is -0.115. The monoisotopic (exact) mass is 472 g/mol. The van der Waals surface area contributed by atoms with E-state index in [1.54, 1.807) is 31.4 Å². The summed E-state index contributed by atoms with van der Waals surface area (Å²) in [5.74, 6) is 1.11. The van der Waals surface area contributed by atoms with E-state index in [0.29, 0.717) is 28.0 Å². The van der Waals surface area contributed by atoms with Gasteiger partial charge in [-0.2, -0.15) is 0 Å². The van der Waals surface area contributed by atoms with Crippen LogP contribution in [-0.4, -0.2) is 38.8 Å². The van der Waals surface area contributed by atoms with Gasteiger partial charge >= 0.3 is 0 Å². The molecule has 1 N–H and O–H groups in total. The van der Waals surface area contributed by atoms with E-state index in [9.17, 15) is 9.59 Å². The first-order valence-electron chi connectivity index (χ1n) is 10.7. The molecule has 7 nitrogen and oxygen atoms in total. The van der Waals surface area contributed by atoms with Gasteiger partial charge in [0.05, 0.1) is 17.9 Å². The Morgan fingerprint density at radius 1 is 0.941 bits per heavy atom. The maximum atomic E-state index is 12.9. The van der Waals surface area contributed by atoms with Gasteiger partial charge in [-0.3, -0.25) is 14.2 Å². The molecule has 4 aromatic rings. The van der Waals surface area contributed by atoms with Crippen LogP contribution in [0.2, 0.25) is 0 Å². The number of nitrogens with zero attached hydrogens (tertiary/aromatic N) is 3. The number of aromatic nitrogens is 3. The minimum atomic E-state index is -0.454. The molecule has 1 aromatic heterocycles. The third-order valence-electron chi connectivity index (χ3n) is 5.21. The van der Waals surface area contributed by atoms with Crippen LogP contribution < -0.4 is 10.1 Å². The largest absolute Gasteiger partial charge is 0.496 e. The summed E-state index contributed by atoms with van der Waals surface area (Å²) < 4.78 is 7.46. The lowest BCUT2D eigenvalue weighted by atomic mass is 10.1. The summed E-state index contributed by atoms with van der Waals surface area (Å²) in [6, 6.07) is 24.2. The summed E-state index contributed by atoms with van der Waals surface area (Å²) in [6.07, 6.45) is 0. The highest BCUT2D eigenvalue weighted by molar-refractivity contribution is 8.00. The Kier molecular flexibility index (Phi) is 7.08. The number of methoxy groups -OCH3 is 1. The van der Waals surface area contributed by atoms with E-state index in [1.807, 2.05) is 66.1 Å². The fourth-order valence-electron chi connectivity index (χ4n) is 3.40. The van der Waals surface area contributed by atoms with E-state index in [1.165, 1.54) is 18.7 Å². The van der Waals surface area contributed by atoms with Crippen LogP contribution in [0.3, 0.4) is 0 Å². The van der Waals surface area contributed by atoms with Gasteiger partial charge in [-0.25, -0.2) is 0 Å². The van der Waals surface area contributed by atoms with Crippen molar-refractivity contribution in [3.05, 3.63) is 84.4 Å². The van der Waals surface area contributed by atoms with E-state index < -0.39 is 5.25 Å². The van der Waals surface area contributed by atoms with Crippen LogP contribution in [0.15, 0.2) is 84.0 Å². The molecule has 34 heavy (non-hydrogen) atoms. The van der Waals surface area contributed by atoms with E-state index in [2.05, 4.69) is 15.5 Å². The molecule has 1 atom stereocenters. The van der Waals surface area contributed by atoms with Crippen LogP contribution in [-0.2, 0) is 4.79 Å². The van der Waals surface area contributed by atoms with E-state index >= 15 is 0 Å². The smallest absolute Gasteiger partial charge is 0.237 e. The van der Waals surface area contributed by atoms with Crippen molar-refractivity contribution in [3.63, 3.8) is 0 Å². The number of anilines is 1. The van der Waals surface area contributed by atoms with Crippen molar-refractivity contribution in [3.8, 4) is 22.8 Å². The highest BCUT2D eigenvalue weighted by Crippen LogP contribution is 2.34. The lowest BCUT2D eigenvalue weighted by Gasteiger charge is -2.15. The summed E-state index contributed by atoms with van der Waals surface area (Å²) in [6.45, 7) is 3.32. The molecule has 1 amide bonds. The number of ketones is 1. The van der Waals surface area contributed by atoms with Crippen molar-refractivity contribution in [2.24, 2.45) is 0 Å². The van der Waals surface area contributed by atoms with Crippen LogP contribution in [0.5, 0.6) is 5.75 Å². The number of rotatable bonds is 8. The molecule has 0 radical (unpaired) electrons. The number of hydrogen-bond donors (Lipinski definition) is 1. The first kappa shape index (κ1) is 23.3. The number of hydrogen-bond acceptors (Lipinski definition) is 6. The van der Waals surface area contributed by atoms with Gasteiger partial charge in [0, 0.05) is 16.9 Å². The van der Waals surface area contributed by atoms with Gasteiger partial charge in [0.1, 0.15) is 5.75 Å². The molecule has 4 rings (SSSR count). The molecule has 0 spiro atoms. The third-order valence-corrected chi connectivity index (χ3v) is 6.25. The summed E-state index contributed by atoms with van der Waals surface area (Å²) in [4.78, 5) is 24.4. The second-order valence-corrected chi connectivity index (χ2v) is 8.87. The summed E-state index contributed by atoms with van der Waals surface area (Å²) in [7, 11) is 1.62. The molecule has 8 heteroatoms. The number of thioether (sulfide) groups is 1. The highest BCUT2D eigenvalue weighted by Gasteiger charge is 2.23. The Balaban J connectivity index is 1.62. The molecule has 0 saturated carbocycles. The van der Waals surface area contributed by atoms with E-state index in [4.69, 9.17) is 4.74 Å². The van der Waals surface area contributed by atoms with Crippen LogP contribution in [0.25, 0.3) is 17.1 Å². The number of para-hydroxylation sites is 2. The zero-order valence-electron chi connectivity index (χ0n) is 19.1. The van der Waals surface area contributed by atoms with Crippen molar-refractivity contribution in [1.29, 1.82) is 0 Å². The molecule has 0 aliphatic heterocycles. The zero-order valence-corrected chi connectivity index (χ0v) is 19.9. The lowest BCUT2D eigenvalue weighted by Crippen LogP contribution is -2.23. The minimum Gasteiger partial charge on any atom is -0.496 e. The van der Waals surface area contributed by atoms with Crippen LogP contribution >= 0.6 is 11.8 Å². The number of carbonyl (C=O) groups is 2. The SMILES string of the molecule is COc1ccccc1-c1nnc(SC(C)C(=O)Nc2ccc(C(C)=O)cc2)n1-c1ccccc1. The molecule has 1 heterocycles. The molecule has 1 unspecified atom stereocenters. The summed E-state index contributed by atoms with van der Waals surface area (Å²) in [5.41, 5.74) is 2.90. The average molecular weight is 473 g/mol. The Morgan fingerprint density at radius 2 is 1.62 bits per heavy atom. The summed E-state index contributed by atoms with van der Waals surface area (Å²) in [5, 5.41) is 11.9. The van der Waals surface area contributed by atoms with Crippen molar-refractivity contribution < 1.29 is 14.3 Å². The van der Waals surface area contributed by atoms with Crippen molar-refractivity contribution in [1.82, 2.24) is 14.8 Å². The standard InChI is InChI=1S/C26H24N4O3S/c1-17(31)19-13-15-20(16-14-19)27-25(32)18(2)34-26-29-28-24(22-11-7-8-12-23(22)33-3)30(26)21-9-5-4-6-10-21/h4-16,18H,1-3H3,(H,27,32). The van der Waals surface area contributed by atoms with Crippen LogP contribution in [0.1, 0.15) is 24.2 Å². The fraction of sp³-hybridized carbons (Fsp3) is 0.154. The average Bonchev–Trinajstić information content (AvgIpc) is 3.28. The molecule has 0 aliphatic carbocycles. The summed E-state index contributed by atoms with van der Waals surface area (Å²) >= 11 is 1.31. The fourth-order valence-corrected chi connectivity index (χ4v) is 4.27. The number of carbonyl (C=O) groups excluding carboxylic acids is 2. The maximum Gasteiger partial charge on any atom is 0.237 e. The van der Waals surface area contributed by atoms with Gasteiger partial charge in [0.2, 0.25) is 5.91 Å². The molecule has 0 saturated heterocycles. The molecule has 172 valence electrons. The van der Waals surface area contributed by atoms with Crippen molar-refractivity contribution >= 4 is 29.1 Å². The quantitative estimate of drug-likeness (QED) is 0.278. The van der Waals surface area contributed by atoms with Crippen molar-refractivity contribution in [2.45, 2.75) is 24.3 Å². The molecule has 0 bridgehead atoms. The Labute approximate surface area is 202 Å². The third kappa shape index (κ3) is 5.02. The van der Waals surface area contributed by atoms with E-state index in [0.717, 1.165) is 11.3 Å². The first-order chi connectivity index (χ1) is 16.5. The molecular formula is C26H24N4O3S. The molecule has 0 fully saturated rings. The highest BCUT2D eigenvalue weighted by atomic mass is 32.2. The normalized spacial score (nSPS) is 11.6. The Hall–Kier alpha value is -3.91. The number of Topliss-reactive ketones (excluding diaryl/α,β-unsaturated/α-hetero) is 1. The van der Waals surface area contributed by atoms with Gasteiger partial charge in [-0.15, -0.1) is 10.2 Å². The predicted molar refractivity (Wildman–Crippen MR) is 134 cm³/mol. The van der Waals surface area contributed by atoms with Gasteiger partial charge < -0.3 is 10.1 Å². The van der Waals surface area contributed by atoms with Crippen LogP contribution in [0.4, 0.5) is 5.69 Å². The number of nitrogens with one attached hydrogen (secondary N) is 1. The second kappa shape index (κ2) is 10.4. The van der Waals surface area contributed by atoms with Crippen LogP contribution in [0, 0.1) is 0 Å². The second-order valence-electron chi connectivity index (χ2n) is 7.56. The van der Waals surface area contributed by atoms with E-state index in [-0.39, 0.29) is 11.7 Å². The maximum absolute atomic E-state index is 12.9. The van der Waals surface area contributed by atoms with Gasteiger partial charge in [-0.1, -0.05) is 42.1 Å². The number of ether oxygens (including phenoxy) is 1. The Bertz CT molecular complexity index is 1300. The van der Waals surface area contributed by atoms with Gasteiger partial charge in [0.25, 0.3) is 0 Å². The van der Waals surface area contributed by atoms with Gasteiger partial charge in [-0.05, 0) is 62.4 Å². The molecular weight excluding hydrogens is 448 g/mol. The number of amides is 1. The minimum absolute atomic E-state index is 0.0205. The first-order valence-corrected chi connectivity index (χ1v) is 11.6.